The summed E-state index contributed by atoms with van der Waals surface area (Å²) in [4.78, 5) is 0. The van der Waals surface area contributed by atoms with E-state index in [1.807, 2.05) is 0 Å². The molecule has 3 rings (SSSR count). The lowest BCUT2D eigenvalue weighted by Gasteiger charge is -2.26. The Labute approximate surface area is 167 Å². The fraction of sp³-hybridized carbons (Fsp3) is 0.385. The molecule has 0 bridgehead atoms. The Hall–Kier alpha value is -2.40. The summed E-state index contributed by atoms with van der Waals surface area (Å²) < 4.78 is 28.5. The van der Waals surface area contributed by atoms with Gasteiger partial charge in [0.15, 0.2) is 0 Å². The monoisotopic (exact) mass is 378 g/mol. The van der Waals surface area contributed by atoms with Crippen LogP contribution in [0.4, 0.5) is 8.78 Å². The van der Waals surface area contributed by atoms with Gasteiger partial charge in [0.05, 0.1) is 5.56 Å². The van der Waals surface area contributed by atoms with Gasteiger partial charge in [-0.1, -0.05) is 49.1 Å². The van der Waals surface area contributed by atoms with E-state index >= 15 is 0 Å². The van der Waals surface area contributed by atoms with Crippen molar-refractivity contribution in [3.05, 3.63) is 82.9 Å². The van der Waals surface area contributed by atoms with Crippen molar-refractivity contribution < 1.29 is 8.78 Å². The van der Waals surface area contributed by atoms with Crippen LogP contribution in [0.1, 0.15) is 67.2 Å². The molecule has 28 heavy (non-hydrogen) atoms. The number of hydrogen-bond acceptors (Lipinski definition) is 0. The Morgan fingerprint density at radius 3 is 2.21 bits per heavy atom. The molecule has 0 aliphatic heterocycles. The molecule has 0 atom stereocenters. The first kappa shape index (κ1) is 20.3. The summed E-state index contributed by atoms with van der Waals surface area (Å²) in [6.45, 7) is 5.81. The number of aryl methyl sites for hydroxylation is 2. The molecule has 1 saturated carbocycles. The van der Waals surface area contributed by atoms with Gasteiger partial charge in [0.1, 0.15) is 11.6 Å². The van der Waals surface area contributed by atoms with E-state index < -0.39 is 11.6 Å². The Morgan fingerprint density at radius 2 is 1.64 bits per heavy atom. The Bertz CT molecular complexity index is 837. The predicted octanol–water partition coefficient (Wildman–Crippen LogP) is 6.97. The summed E-state index contributed by atoms with van der Waals surface area (Å²) in [5.41, 5.74) is 3.31. The van der Waals surface area contributed by atoms with E-state index in [1.54, 1.807) is 6.08 Å². The van der Waals surface area contributed by atoms with E-state index in [-0.39, 0.29) is 11.5 Å². The second-order valence-electron chi connectivity index (χ2n) is 7.67. The lowest BCUT2D eigenvalue weighted by molar-refractivity contribution is 0.384. The zero-order chi connectivity index (χ0) is 19.9. The summed E-state index contributed by atoms with van der Waals surface area (Å²) in [6.07, 6.45) is 8.22. The van der Waals surface area contributed by atoms with Crippen LogP contribution >= 0.6 is 0 Å². The summed E-state index contributed by atoms with van der Waals surface area (Å²) in [7, 11) is 0. The van der Waals surface area contributed by atoms with Crippen molar-refractivity contribution >= 4 is 0 Å². The SMILES string of the molecule is C=CCCc1cc(F)c(C#C[C@H]2CC[C@H](c3ccc(CC)cc3)CC2)c(F)c1. The molecule has 2 aromatic rings. The minimum absolute atomic E-state index is 0.0976. The molecule has 0 saturated heterocycles. The van der Waals surface area contributed by atoms with Crippen LogP contribution in [0.2, 0.25) is 0 Å². The largest absolute Gasteiger partial charge is 0.206 e. The second-order valence-corrected chi connectivity index (χ2v) is 7.67. The maximum Gasteiger partial charge on any atom is 0.142 e. The average molecular weight is 379 g/mol. The molecule has 0 aromatic heterocycles. The van der Waals surface area contributed by atoms with Gasteiger partial charge in [-0.3, -0.25) is 0 Å². The molecule has 0 nitrogen and oxygen atoms in total. The number of rotatable bonds is 5. The highest BCUT2D eigenvalue weighted by atomic mass is 19.1. The molecule has 2 aromatic carbocycles. The second kappa shape index (κ2) is 9.69. The number of benzene rings is 2. The van der Waals surface area contributed by atoms with Crippen LogP contribution in [0.25, 0.3) is 0 Å². The van der Waals surface area contributed by atoms with Gasteiger partial charge >= 0.3 is 0 Å². The molecular weight excluding hydrogens is 350 g/mol. The van der Waals surface area contributed by atoms with Gasteiger partial charge in [0, 0.05) is 5.92 Å². The Morgan fingerprint density at radius 1 is 1.00 bits per heavy atom. The van der Waals surface area contributed by atoms with Gasteiger partial charge in [0.2, 0.25) is 0 Å². The highest BCUT2D eigenvalue weighted by molar-refractivity contribution is 5.40. The highest BCUT2D eigenvalue weighted by Crippen LogP contribution is 2.35. The normalized spacial score (nSPS) is 19.0. The van der Waals surface area contributed by atoms with Gasteiger partial charge < -0.3 is 0 Å². The van der Waals surface area contributed by atoms with Crippen molar-refractivity contribution in [2.24, 2.45) is 5.92 Å². The van der Waals surface area contributed by atoms with Crippen LogP contribution in [0, 0.1) is 29.4 Å². The van der Waals surface area contributed by atoms with Crippen molar-refractivity contribution in [3.63, 3.8) is 0 Å². The van der Waals surface area contributed by atoms with Crippen LogP contribution < -0.4 is 0 Å². The van der Waals surface area contributed by atoms with E-state index in [9.17, 15) is 8.78 Å². The molecule has 0 amide bonds. The van der Waals surface area contributed by atoms with Crippen molar-refractivity contribution in [3.8, 4) is 11.8 Å². The van der Waals surface area contributed by atoms with Crippen LogP contribution in [-0.4, -0.2) is 0 Å². The standard InChI is InChI=1S/C26H28F2/c1-3-5-6-21-17-25(27)24(26(28)18-21)16-11-20-9-14-23(15-10-20)22-12-7-19(4-2)8-13-22/h3,7-8,12-13,17-18,20,23H,1,4-6,9-10,14-15H2,2H3/t20-,23-. The molecule has 0 spiro atoms. The molecule has 1 aliphatic carbocycles. The zero-order valence-corrected chi connectivity index (χ0v) is 16.6. The third kappa shape index (κ3) is 5.10. The molecule has 0 unspecified atom stereocenters. The van der Waals surface area contributed by atoms with Crippen LogP contribution in [0.15, 0.2) is 49.1 Å². The number of halogens is 2. The minimum atomic E-state index is -0.559. The molecule has 0 radical (unpaired) electrons. The lowest BCUT2D eigenvalue weighted by atomic mass is 9.79. The molecule has 0 N–H and O–H groups in total. The summed E-state index contributed by atoms with van der Waals surface area (Å²) in [5, 5.41) is 0. The van der Waals surface area contributed by atoms with Crippen molar-refractivity contribution in [1.29, 1.82) is 0 Å². The zero-order valence-electron chi connectivity index (χ0n) is 16.6. The average Bonchev–Trinajstić information content (AvgIpc) is 2.72. The maximum absolute atomic E-state index is 14.3. The van der Waals surface area contributed by atoms with Crippen LogP contribution in [0.5, 0.6) is 0 Å². The third-order valence-corrected chi connectivity index (χ3v) is 5.73. The van der Waals surface area contributed by atoms with Gasteiger partial charge in [-0.15, -0.1) is 6.58 Å². The minimum Gasteiger partial charge on any atom is -0.206 e. The first-order valence-corrected chi connectivity index (χ1v) is 10.3. The van der Waals surface area contributed by atoms with Crippen molar-refractivity contribution in [2.75, 3.05) is 0 Å². The van der Waals surface area contributed by atoms with E-state index in [1.165, 1.54) is 23.3 Å². The number of allylic oxidation sites excluding steroid dienone is 1. The van der Waals surface area contributed by atoms with E-state index in [4.69, 9.17) is 0 Å². The summed E-state index contributed by atoms with van der Waals surface area (Å²) in [5.74, 6) is 5.58. The van der Waals surface area contributed by atoms with Gasteiger partial charge in [-0.05, 0) is 79.7 Å². The molecule has 1 aliphatic rings. The predicted molar refractivity (Wildman–Crippen MR) is 112 cm³/mol. The van der Waals surface area contributed by atoms with Crippen LogP contribution in [0.3, 0.4) is 0 Å². The molecular formula is C26H28F2. The molecule has 2 heteroatoms. The van der Waals surface area contributed by atoms with Gasteiger partial charge in [-0.2, -0.15) is 0 Å². The fourth-order valence-corrected chi connectivity index (χ4v) is 3.93. The lowest BCUT2D eigenvalue weighted by Crippen LogP contribution is -2.12. The summed E-state index contributed by atoms with van der Waals surface area (Å²) in [6, 6.07) is 11.7. The van der Waals surface area contributed by atoms with Gasteiger partial charge in [-0.25, -0.2) is 8.78 Å². The molecule has 0 heterocycles. The maximum atomic E-state index is 14.3. The van der Waals surface area contributed by atoms with Gasteiger partial charge in [0.25, 0.3) is 0 Å². The topological polar surface area (TPSA) is 0 Å². The molecule has 146 valence electrons. The Kier molecular flexibility index (Phi) is 7.04. The van der Waals surface area contributed by atoms with Crippen molar-refractivity contribution in [1.82, 2.24) is 0 Å². The third-order valence-electron chi connectivity index (χ3n) is 5.73. The van der Waals surface area contributed by atoms with E-state index in [0.717, 1.165) is 32.1 Å². The Balaban J connectivity index is 1.62. The smallest absolute Gasteiger partial charge is 0.142 e. The first-order chi connectivity index (χ1) is 13.6. The molecule has 1 fully saturated rings. The quantitative estimate of drug-likeness (QED) is 0.389. The van der Waals surface area contributed by atoms with E-state index in [0.29, 0.717) is 24.3 Å². The highest BCUT2D eigenvalue weighted by Gasteiger charge is 2.21. The summed E-state index contributed by atoms with van der Waals surface area (Å²) >= 11 is 0. The first-order valence-electron chi connectivity index (χ1n) is 10.3. The number of hydrogen-bond donors (Lipinski definition) is 0. The fourth-order valence-electron chi connectivity index (χ4n) is 3.93. The van der Waals surface area contributed by atoms with E-state index in [2.05, 4.69) is 49.6 Å². The van der Waals surface area contributed by atoms with Crippen LogP contribution in [-0.2, 0) is 12.8 Å². The van der Waals surface area contributed by atoms with Crippen molar-refractivity contribution in [2.45, 2.75) is 57.8 Å².